The minimum atomic E-state index is -3.78. The van der Waals surface area contributed by atoms with Crippen molar-refractivity contribution in [3.05, 3.63) is 0 Å². The van der Waals surface area contributed by atoms with E-state index in [1.807, 2.05) is 4.72 Å². The third-order valence-corrected chi connectivity index (χ3v) is 8.17. The number of hydrogen-bond donors (Lipinski definition) is 1. The van der Waals surface area contributed by atoms with Crippen LogP contribution in [0.25, 0.3) is 0 Å². The Labute approximate surface area is 124 Å². The zero-order chi connectivity index (χ0) is 15.3. The van der Waals surface area contributed by atoms with Gasteiger partial charge in [0, 0.05) is 19.6 Å². The van der Waals surface area contributed by atoms with Crippen LogP contribution in [0.4, 0.5) is 0 Å². The van der Waals surface area contributed by atoms with Crippen molar-refractivity contribution in [1.82, 2.24) is 13.3 Å². The number of nitrogens with zero attached hydrogens (tertiary/aromatic N) is 2. The van der Waals surface area contributed by atoms with Gasteiger partial charge < -0.3 is 0 Å². The molecule has 0 radical (unpaired) electrons. The van der Waals surface area contributed by atoms with Crippen LogP contribution in [0.1, 0.15) is 32.1 Å². The third-order valence-electron chi connectivity index (χ3n) is 4.38. The van der Waals surface area contributed by atoms with Crippen LogP contribution in [0.5, 0.6) is 0 Å². The highest BCUT2D eigenvalue weighted by atomic mass is 32.2. The molecule has 0 aromatic heterocycles. The summed E-state index contributed by atoms with van der Waals surface area (Å²) >= 11 is 0. The van der Waals surface area contributed by atoms with E-state index in [0.29, 0.717) is 25.9 Å². The lowest BCUT2D eigenvalue weighted by Crippen LogP contribution is -2.57. The lowest BCUT2D eigenvalue weighted by Gasteiger charge is -2.37. The number of carbonyl (C=O) groups excluding carboxylic acids is 1. The van der Waals surface area contributed by atoms with E-state index < -0.39 is 37.4 Å². The summed E-state index contributed by atoms with van der Waals surface area (Å²) in [5, 5.41) is -0.960. The van der Waals surface area contributed by atoms with Crippen LogP contribution >= 0.6 is 0 Å². The predicted octanol–water partition coefficient (Wildman–Crippen LogP) is -0.990. The molecule has 3 saturated heterocycles. The molecule has 1 N–H and O–H groups in total. The molecule has 8 nitrogen and oxygen atoms in total. The summed E-state index contributed by atoms with van der Waals surface area (Å²) in [6.07, 6.45) is 3.35. The molecule has 3 rings (SSSR count). The molecule has 2 atom stereocenters. The molecule has 0 bridgehead atoms. The monoisotopic (exact) mass is 337 g/mol. The molecule has 0 saturated carbocycles. The van der Waals surface area contributed by atoms with E-state index in [2.05, 4.69) is 0 Å². The molecule has 0 unspecified atom stereocenters. The summed E-state index contributed by atoms with van der Waals surface area (Å²) in [6.45, 7) is 1.07. The zero-order valence-corrected chi connectivity index (χ0v) is 13.2. The molecule has 0 aromatic carbocycles. The number of fused-ring (bicyclic) bond motifs is 1. The van der Waals surface area contributed by atoms with Gasteiger partial charge >= 0.3 is 0 Å². The Balaban J connectivity index is 1.92. The van der Waals surface area contributed by atoms with Gasteiger partial charge in [-0.25, -0.2) is 8.42 Å². The summed E-state index contributed by atoms with van der Waals surface area (Å²) in [5.74, 6) is -0.722. The van der Waals surface area contributed by atoms with E-state index in [-0.39, 0.29) is 6.54 Å². The Morgan fingerprint density at radius 2 is 1.71 bits per heavy atom. The van der Waals surface area contributed by atoms with Gasteiger partial charge in [-0.05, 0) is 25.7 Å². The second kappa shape index (κ2) is 5.18. The molecule has 0 spiro atoms. The molecule has 3 fully saturated rings. The topological polar surface area (TPSA) is 104 Å². The lowest BCUT2D eigenvalue weighted by molar-refractivity contribution is -0.122. The van der Waals surface area contributed by atoms with Gasteiger partial charge in [-0.2, -0.15) is 17.0 Å². The van der Waals surface area contributed by atoms with Gasteiger partial charge in [0.15, 0.2) is 0 Å². The molecule has 0 aromatic rings. The van der Waals surface area contributed by atoms with Crippen molar-refractivity contribution in [2.24, 2.45) is 0 Å². The Kier molecular flexibility index (Phi) is 3.75. The minimum absolute atomic E-state index is 0.197. The maximum absolute atomic E-state index is 12.7. The summed E-state index contributed by atoms with van der Waals surface area (Å²) in [4.78, 5) is 11.9. The summed E-state index contributed by atoms with van der Waals surface area (Å²) in [6, 6.07) is -1.12. The Morgan fingerprint density at radius 1 is 1.05 bits per heavy atom. The van der Waals surface area contributed by atoms with Crippen LogP contribution in [0.2, 0.25) is 0 Å². The summed E-state index contributed by atoms with van der Waals surface area (Å²) in [5.41, 5.74) is 0. The van der Waals surface area contributed by atoms with Crippen molar-refractivity contribution in [3.63, 3.8) is 0 Å². The quantitative estimate of drug-likeness (QED) is 0.697. The first-order chi connectivity index (χ1) is 9.84. The molecule has 3 heterocycles. The third kappa shape index (κ3) is 2.47. The fourth-order valence-electron chi connectivity index (χ4n) is 3.33. The molecule has 10 heteroatoms. The van der Waals surface area contributed by atoms with Crippen molar-refractivity contribution < 1.29 is 21.6 Å². The standard InChI is InChI=1S/C11H19N3O5S2/c15-11-10-9(20(16,17)12-11)5-4-8-14(10)21(18,19)13-6-2-1-3-7-13/h9-10H,1-8H2,(H,12,15)/t9-,10+/m1/s1. The maximum Gasteiger partial charge on any atom is 0.282 e. The summed E-state index contributed by atoms with van der Waals surface area (Å²) < 4.78 is 53.6. The molecular weight excluding hydrogens is 318 g/mol. The van der Waals surface area contributed by atoms with E-state index in [9.17, 15) is 21.6 Å². The zero-order valence-electron chi connectivity index (χ0n) is 11.6. The minimum Gasteiger partial charge on any atom is -0.272 e. The van der Waals surface area contributed by atoms with Crippen molar-refractivity contribution in [2.75, 3.05) is 19.6 Å². The van der Waals surface area contributed by atoms with Gasteiger partial charge in [0.25, 0.3) is 16.1 Å². The number of nitrogens with one attached hydrogen (secondary N) is 1. The van der Waals surface area contributed by atoms with Gasteiger partial charge in [-0.15, -0.1) is 0 Å². The maximum atomic E-state index is 12.7. The Morgan fingerprint density at radius 3 is 2.38 bits per heavy atom. The number of hydrogen-bond acceptors (Lipinski definition) is 5. The highest BCUT2D eigenvalue weighted by Crippen LogP contribution is 2.31. The van der Waals surface area contributed by atoms with Crippen molar-refractivity contribution in [2.45, 2.75) is 43.4 Å². The van der Waals surface area contributed by atoms with Crippen LogP contribution in [0, 0.1) is 0 Å². The molecule has 120 valence electrons. The number of amides is 1. The number of piperidine rings is 2. The molecule has 1 amide bonds. The van der Waals surface area contributed by atoms with E-state index in [4.69, 9.17) is 0 Å². The number of rotatable bonds is 2. The fraction of sp³-hybridized carbons (Fsp3) is 0.909. The van der Waals surface area contributed by atoms with Crippen molar-refractivity contribution >= 4 is 26.1 Å². The molecular formula is C11H19N3O5S2. The van der Waals surface area contributed by atoms with E-state index in [1.165, 1.54) is 4.31 Å². The first-order valence-electron chi connectivity index (χ1n) is 7.16. The van der Waals surface area contributed by atoms with Crippen LogP contribution in [0.15, 0.2) is 0 Å². The molecule has 0 aliphatic carbocycles. The number of carbonyl (C=O) groups is 1. The number of sulfonamides is 1. The van der Waals surface area contributed by atoms with Gasteiger partial charge in [-0.3, -0.25) is 9.52 Å². The molecule has 3 aliphatic rings. The average Bonchev–Trinajstić information content (AvgIpc) is 2.70. The second-order valence-electron chi connectivity index (χ2n) is 5.72. The molecule has 21 heavy (non-hydrogen) atoms. The van der Waals surface area contributed by atoms with E-state index in [0.717, 1.165) is 23.6 Å². The van der Waals surface area contributed by atoms with Crippen LogP contribution in [-0.4, -0.2) is 62.3 Å². The first-order valence-corrected chi connectivity index (χ1v) is 10.1. The normalized spacial score (nSPS) is 34.4. The first kappa shape index (κ1) is 15.2. The van der Waals surface area contributed by atoms with Gasteiger partial charge in [0.2, 0.25) is 10.0 Å². The average molecular weight is 337 g/mol. The summed E-state index contributed by atoms with van der Waals surface area (Å²) in [7, 11) is -7.53. The molecule has 3 aliphatic heterocycles. The van der Waals surface area contributed by atoms with Gasteiger partial charge in [0.1, 0.15) is 11.3 Å². The SMILES string of the molecule is O=C1NS(=O)(=O)[C@@H]2CCCN(S(=O)(=O)N3CCCCC3)[C@H]12. The largest absolute Gasteiger partial charge is 0.282 e. The highest BCUT2D eigenvalue weighted by molar-refractivity contribution is 7.91. The fourth-order valence-corrected chi connectivity index (χ4v) is 6.96. The van der Waals surface area contributed by atoms with Crippen LogP contribution < -0.4 is 4.72 Å². The van der Waals surface area contributed by atoms with Crippen molar-refractivity contribution in [1.29, 1.82) is 0 Å². The predicted molar refractivity (Wildman–Crippen MR) is 74.9 cm³/mol. The van der Waals surface area contributed by atoms with E-state index >= 15 is 0 Å². The van der Waals surface area contributed by atoms with E-state index in [1.54, 1.807) is 0 Å². The lowest BCUT2D eigenvalue weighted by atomic mass is 10.0. The Hall–Kier alpha value is -0.710. The van der Waals surface area contributed by atoms with Crippen LogP contribution in [-0.2, 0) is 25.0 Å². The van der Waals surface area contributed by atoms with Gasteiger partial charge in [0.05, 0.1) is 0 Å². The highest BCUT2D eigenvalue weighted by Gasteiger charge is 2.54. The second-order valence-corrected chi connectivity index (χ2v) is 9.50. The Bertz CT molecular complexity index is 639. The van der Waals surface area contributed by atoms with Crippen molar-refractivity contribution in [3.8, 4) is 0 Å². The van der Waals surface area contributed by atoms with Gasteiger partial charge in [-0.1, -0.05) is 6.42 Å². The van der Waals surface area contributed by atoms with Crippen LogP contribution in [0.3, 0.4) is 0 Å². The smallest absolute Gasteiger partial charge is 0.272 e.